The van der Waals surface area contributed by atoms with Crippen LogP contribution in [-0.4, -0.2) is 48.5 Å². The van der Waals surface area contributed by atoms with E-state index >= 15 is 0 Å². The zero-order chi connectivity index (χ0) is 14.7. The Morgan fingerprint density at radius 2 is 2.25 bits per heavy atom. The second-order valence-corrected chi connectivity index (χ2v) is 5.10. The number of aryl methyl sites for hydroxylation is 1. The highest BCUT2D eigenvalue weighted by atomic mass is 16.5. The number of nitrogens with zero attached hydrogens (tertiary/aromatic N) is 2. The second-order valence-electron chi connectivity index (χ2n) is 5.10. The number of methoxy groups -OCH3 is 1. The van der Waals surface area contributed by atoms with Gasteiger partial charge in [-0.2, -0.15) is 0 Å². The van der Waals surface area contributed by atoms with E-state index in [1.54, 1.807) is 24.3 Å². The fraction of sp³-hybridized carbons (Fsp3) is 0.500. The highest BCUT2D eigenvalue weighted by Gasteiger charge is 2.39. The van der Waals surface area contributed by atoms with Gasteiger partial charge in [0.2, 0.25) is 5.91 Å². The van der Waals surface area contributed by atoms with Crippen LogP contribution in [0.25, 0.3) is 0 Å². The number of likely N-dealkylation sites (tertiary alicyclic amines) is 1. The topological polar surface area (TPSA) is 85.5 Å². The van der Waals surface area contributed by atoms with Crippen molar-refractivity contribution in [2.75, 3.05) is 26.8 Å². The van der Waals surface area contributed by atoms with Crippen LogP contribution in [0.1, 0.15) is 16.1 Å². The first-order chi connectivity index (χ1) is 9.54. The monoisotopic (exact) mass is 277 g/mol. The maximum atomic E-state index is 12.5. The van der Waals surface area contributed by atoms with Crippen molar-refractivity contribution in [1.82, 2.24) is 9.88 Å². The molecule has 0 unspecified atom stereocenters. The van der Waals surface area contributed by atoms with Crippen LogP contribution in [-0.2, 0) is 9.53 Å². The van der Waals surface area contributed by atoms with Gasteiger partial charge < -0.3 is 15.4 Å². The number of pyridine rings is 1. The first-order valence-electron chi connectivity index (χ1n) is 6.53. The predicted octanol–water partition coefficient (Wildman–Crippen LogP) is 0.210. The Morgan fingerprint density at radius 3 is 2.85 bits per heavy atom. The first-order valence-corrected chi connectivity index (χ1v) is 6.53. The first kappa shape index (κ1) is 14.5. The summed E-state index contributed by atoms with van der Waals surface area (Å²) in [6, 6.07) is 3.63. The van der Waals surface area contributed by atoms with E-state index in [-0.39, 0.29) is 23.7 Å². The Labute approximate surface area is 117 Å². The Morgan fingerprint density at radius 1 is 1.50 bits per heavy atom. The minimum absolute atomic E-state index is 0.0505. The zero-order valence-electron chi connectivity index (χ0n) is 11.7. The van der Waals surface area contributed by atoms with Gasteiger partial charge in [-0.1, -0.05) is 6.07 Å². The highest BCUT2D eigenvalue weighted by molar-refractivity contribution is 5.94. The van der Waals surface area contributed by atoms with Crippen molar-refractivity contribution < 1.29 is 14.3 Å². The molecule has 1 saturated heterocycles. The van der Waals surface area contributed by atoms with E-state index in [0.29, 0.717) is 25.4 Å². The van der Waals surface area contributed by atoms with E-state index in [2.05, 4.69) is 4.98 Å². The number of aromatic nitrogens is 1. The van der Waals surface area contributed by atoms with Crippen LogP contribution in [0.3, 0.4) is 0 Å². The van der Waals surface area contributed by atoms with Crippen LogP contribution in [0.15, 0.2) is 18.3 Å². The van der Waals surface area contributed by atoms with Crippen LogP contribution < -0.4 is 5.73 Å². The van der Waals surface area contributed by atoms with Crippen molar-refractivity contribution in [3.8, 4) is 0 Å². The van der Waals surface area contributed by atoms with Crippen LogP contribution >= 0.6 is 0 Å². The molecular formula is C14H19N3O3. The Hall–Kier alpha value is -1.95. The number of rotatable bonds is 4. The smallest absolute Gasteiger partial charge is 0.272 e. The summed E-state index contributed by atoms with van der Waals surface area (Å²) in [7, 11) is 1.57. The van der Waals surface area contributed by atoms with Gasteiger partial charge in [0.15, 0.2) is 0 Å². The normalized spacial score (nSPS) is 22.0. The number of carbonyl (C=O) groups is 2. The number of carbonyl (C=O) groups excluding carboxylic acids is 2. The van der Waals surface area contributed by atoms with Gasteiger partial charge in [-0.3, -0.25) is 14.6 Å². The van der Waals surface area contributed by atoms with Gasteiger partial charge >= 0.3 is 0 Å². The quantitative estimate of drug-likeness (QED) is 0.852. The van der Waals surface area contributed by atoms with Gasteiger partial charge in [-0.15, -0.1) is 0 Å². The average molecular weight is 277 g/mol. The molecule has 1 fully saturated rings. The van der Waals surface area contributed by atoms with Crippen molar-refractivity contribution in [2.24, 2.45) is 17.6 Å². The fourth-order valence-electron chi connectivity index (χ4n) is 2.60. The van der Waals surface area contributed by atoms with Crippen molar-refractivity contribution >= 4 is 11.8 Å². The predicted molar refractivity (Wildman–Crippen MR) is 72.9 cm³/mol. The summed E-state index contributed by atoms with van der Waals surface area (Å²) in [5.41, 5.74) is 6.65. The highest BCUT2D eigenvalue weighted by Crippen LogP contribution is 2.25. The Kier molecular flexibility index (Phi) is 4.34. The van der Waals surface area contributed by atoms with Crippen LogP contribution in [0, 0.1) is 18.8 Å². The SMILES string of the molecule is COC[C@@H]1CN(C(=O)c2ncccc2C)C[C@H]1C(N)=O. The summed E-state index contributed by atoms with van der Waals surface area (Å²) in [6.07, 6.45) is 1.59. The molecule has 2 rings (SSSR count). The third-order valence-electron chi connectivity index (χ3n) is 3.69. The molecule has 0 bridgehead atoms. The third-order valence-corrected chi connectivity index (χ3v) is 3.69. The minimum atomic E-state index is -0.389. The lowest BCUT2D eigenvalue weighted by molar-refractivity contribution is -0.122. The van der Waals surface area contributed by atoms with Gasteiger partial charge in [0.25, 0.3) is 5.91 Å². The van der Waals surface area contributed by atoms with Crippen molar-refractivity contribution in [1.29, 1.82) is 0 Å². The lowest BCUT2D eigenvalue weighted by Gasteiger charge is -2.16. The summed E-state index contributed by atoms with van der Waals surface area (Å²) in [5, 5.41) is 0. The van der Waals surface area contributed by atoms with E-state index in [1.165, 1.54) is 0 Å². The Balaban J connectivity index is 2.16. The van der Waals surface area contributed by atoms with Gasteiger partial charge in [-0.25, -0.2) is 0 Å². The summed E-state index contributed by atoms with van der Waals surface area (Å²) in [4.78, 5) is 29.7. The summed E-state index contributed by atoms with van der Waals surface area (Å²) in [5.74, 6) is -0.957. The number of amides is 2. The minimum Gasteiger partial charge on any atom is -0.384 e. The summed E-state index contributed by atoms with van der Waals surface area (Å²) >= 11 is 0. The van der Waals surface area contributed by atoms with Gasteiger partial charge in [-0.05, 0) is 18.6 Å². The molecule has 1 aromatic rings. The van der Waals surface area contributed by atoms with E-state index in [1.807, 2.05) is 13.0 Å². The molecule has 1 aliphatic rings. The third kappa shape index (κ3) is 2.80. The molecule has 0 aromatic carbocycles. The molecule has 1 aliphatic heterocycles. The van der Waals surface area contributed by atoms with Gasteiger partial charge in [0, 0.05) is 32.3 Å². The maximum Gasteiger partial charge on any atom is 0.272 e. The number of hydrogen-bond acceptors (Lipinski definition) is 4. The Bertz CT molecular complexity index is 518. The number of primary amides is 1. The molecular weight excluding hydrogens is 258 g/mol. The second kappa shape index (κ2) is 6.00. The molecule has 2 N–H and O–H groups in total. The van der Waals surface area contributed by atoms with Crippen LogP contribution in [0.4, 0.5) is 0 Å². The summed E-state index contributed by atoms with van der Waals surface area (Å²) < 4.78 is 5.10. The lowest BCUT2D eigenvalue weighted by Crippen LogP contribution is -2.33. The number of hydrogen-bond donors (Lipinski definition) is 1. The lowest BCUT2D eigenvalue weighted by atomic mass is 9.96. The van der Waals surface area contributed by atoms with Crippen molar-refractivity contribution in [3.05, 3.63) is 29.6 Å². The molecule has 20 heavy (non-hydrogen) atoms. The molecule has 6 nitrogen and oxygen atoms in total. The molecule has 108 valence electrons. The molecule has 2 atom stereocenters. The van der Waals surface area contributed by atoms with Crippen LogP contribution in [0.2, 0.25) is 0 Å². The molecule has 0 radical (unpaired) electrons. The van der Waals surface area contributed by atoms with E-state index < -0.39 is 0 Å². The molecule has 0 saturated carbocycles. The fourth-order valence-corrected chi connectivity index (χ4v) is 2.60. The van der Waals surface area contributed by atoms with Crippen molar-refractivity contribution in [3.63, 3.8) is 0 Å². The van der Waals surface area contributed by atoms with Gasteiger partial charge in [0.1, 0.15) is 5.69 Å². The molecule has 0 spiro atoms. The average Bonchev–Trinajstić information content (AvgIpc) is 2.83. The van der Waals surface area contributed by atoms with Gasteiger partial charge in [0.05, 0.1) is 12.5 Å². The largest absolute Gasteiger partial charge is 0.384 e. The van der Waals surface area contributed by atoms with E-state index in [4.69, 9.17) is 10.5 Å². The summed E-state index contributed by atoms with van der Waals surface area (Å²) in [6.45, 7) is 3.06. The van der Waals surface area contributed by atoms with E-state index in [9.17, 15) is 9.59 Å². The maximum absolute atomic E-state index is 12.5. The zero-order valence-corrected chi connectivity index (χ0v) is 11.7. The van der Waals surface area contributed by atoms with Crippen molar-refractivity contribution in [2.45, 2.75) is 6.92 Å². The van der Waals surface area contributed by atoms with Crippen LogP contribution in [0.5, 0.6) is 0 Å². The standard InChI is InChI=1S/C14H19N3O3/c1-9-4-3-5-16-12(9)14(19)17-6-10(8-20-2)11(7-17)13(15)18/h3-5,10-11H,6-8H2,1-2H3,(H2,15,18)/t10-,11+/m0/s1. The molecule has 2 heterocycles. The molecule has 2 amide bonds. The molecule has 1 aromatic heterocycles. The number of nitrogens with two attached hydrogens (primary N) is 1. The molecule has 6 heteroatoms. The van der Waals surface area contributed by atoms with E-state index in [0.717, 1.165) is 5.56 Å². The molecule has 0 aliphatic carbocycles. The number of ether oxygens (including phenoxy) is 1.